The molecular formula is C16H28N2. The van der Waals surface area contributed by atoms with Gasteiger partial charge in [-0.05, 0) is 31.4 Å². The molecule has 1 rings (SSSR count). The number of rotatable bonds is 8. The molecule has 0 spiro atoms. The second kappa shape index (κ2) is 8.28. The zero-order valence-corrected chi connectivity index (χ0v) is 12.1. The Morgan fingerprint density at radius 3 is 2.44 bits per heavy atom. The number of nitrogens with two attached hydrogens (primary N) is 1. The van der Waals surface area contributed by atoms with Crippen molar-refractivity contribution in [2.75, 3.05) is 20.1 Å². The van der Waals surface area contributed by atoms with Crippen LogP contribution in [-0.2, 0) is 6.42 Å². The number of benzene rings is 1. The van der Waals surface area contributed by atoms with Gasteiger partial charge in [0.25, 0.3) is 0 Å². The molecule has 2 unspecified atom stereocenters. The molecule has 1 aromatic rings. The molecule has 0 saturated carbocycles. The standard InChI is InChI=1S/C16H28N2/c1-4-14(2)12-18(3)13-16(17)11-10-15-8-6-5-7-9-15/h5-9,14,16H,4,10-13,17H2,1-3H3. The minimum absolute atomic E-state index is 0.277. The van der Waals surface area contributed by atoms with Crippen LogP contribution >= 0.6 is 0 Å². The molecule has 102 valence electrons. The van der Waals surface area contributed by atoms with Gasteiger partial charge in [-0.3, -0.25) is 0 Å². The third kappa shape index (κ3) is 6.18. The fourth-order valence-corrected chi connectivity index (χ4v) is 2.22. The van der Waals surface area contributed by atoms with Gasteiger partial charge in [0, 0.05) is 19.1 Å². The Labute approximate surface area is 112 Å². The van der Waals surface area contributed by atoms with Crippen LogP contribution in [0.5, 0.6) is 0 Å². The first-order valence-corrected chi connectivity index (χ1v) is 7.09. The van der Waals surface area contributed by atoms with Crippen molar-refractivity contribution in [1.29, 1.82) is 0 Å². The lowest BCUT2D eigenvalue weighted by atomic mass is 10.0. The predicted octanol–water partition coefficient (Wildman–Crippen LogP) is 2.92. The minimum atomic E-state index is 0.277. The van der Waals surface area contributed by atoms with Gasteiger partial charge in [0.15, 0.2) is 0 Å². The lowest BCUT2D eigenvalue weighted by Gasteiger charge is -2.23. The summed E-state index contributed by atoms with van der Waals surface area (Å²) in [6.07, 6.45) is 3.39. The first-order valence-electron chi connectivity index (χ1n) is 7.09. The Balaban J connectivity index is 2.23. The summed E-state index contributed by atoms with van der Waals surface area (Å²) in [7, 11) is 2.18. The molecule has 0 bridgehead atoms. The highest BCUT2D eigenvalue weighted by atomic mass is 15.1. The first kappa shape index (κ1) is 15.2. The van der Waals surface area contributed by atoms with Gasteiger partial charge in [-0.1, -0.05) is 50.6 Å². The van der Waals surface area contributed by atoms with E-state index in [1.807, 2.05) is 0 Å². The zero-order valence-electron chi connectivity index (χ0n) is 12.1. The smallest absolute Gasteiger partial charge is 0.0170 e. The Morgan fingerprint density at radius 2 is 1.83 bits per heavy atom. The van der Waals surface area contributed by atoms with E-state index in [0.717, 1.165) is 31.8 Å². The number of hydrogen-bond donors (Lipinski definition) is 1. The molecule has 0 fully saturated rings. The van der Waals surface area contributed by atoms with E-state index in [9.17, 15) is 0 Å². The van der Waals surface area contributed by atoms with Crippen molar-refractivity contribution in [2.45, 2.75) is 39.2 Å². The lowest BCUT2D eigenvalue weighted by Crippen LogP contribution is -2.37. The zero-order chi connectivity index (χ0) is 13.4. The maximum atomic E-state index is 6.20. The number of likely N-dealkylation sites (N-methyl/N-ethyl adjacent to an activating group) is 1. The van der Waals surface area contributed by atoms with Gasteiger partial charge in [0.1, 0.15) is 0 Å². The highest BCUT2D eigenvalue weighted by molar-refractivity contribution is 5.14. The normalized spacial score (nSPS) is 14.7. The topological polar surface area (TPSA) is 29.3 Å². The minimum Gasteiger partial charge on any atom is -0.327 e. The molecule has 2 nitrogen and oxygen atoms in total. The van der Waals surface area contributed by atoms with E-state index >= 15 is 0 Å². The molecule has 2 atom stereocenters. The fraction of sp³-hybridized carbons (Fsp3) is 0.625. The van der Waals surface area contributed by atoms with E-state index in [1.165, 1.54) is 12.0 Å². The quantitative estimate of drug-likeness (QED) is 0.766. The van der Waals surface area contributed by atoms with E-state index in [4.69, 9.17) is 5.73 Å². The van der Waals surface area contributed by atoms with Gasteiger partial charge >= 0.3 is 0 Å². The van der Waals surface area contributed by atoms with Gasteiger partial charge in [0.2, 0.25) is 0 Å². The van der Waals surface area contributed by atoms with Crippen LogP contribution in [0.4, 0.5) is 0 Å². The molecule has 18 heavy (non-hydrogen) atoms. The van der Waals surface area contributed by atoms with E-state index in [0.29, 0.717) is 0 Å². The van der Waals surface area contributed by atoms with Gasteiger partial charge in [-0.2, -0.15) is 0 Å². The van der Waals surface area contributed by atoms with Crippen LogP contribution in [0.2, 0.25) is 0 Å². The van der Waals surface area contributed by atoms with E-state index in [-0.39, 0.29) is 6.04 Å². The Hall–Kier alpha value is -0.860. The largest absolute Gasteiger partial charge is 0.327 e. The SMILES string of the molecule is CCC(C)CN(C)CC(N)CCc1ccccc1. The van der Waals surface area contributed by atoms with Crippen LogP contribution in [0.1, 0.15) is 32.3 Å². The summed E-state index contributed by atoms with van der Waals surface area (Å²) in [5.41, 5.74) is 7.58. The van der Waals surface area contributed by atoms with Crippen molar-refractivity contribution >= 4 is 0 Å². The maximum Gasteiger partial charge on any atom is 0.0170 e. The highest BCUT2D eigenvalue weighted by Gasteiger charge is 2.09. The number of nitrogens with zero attached hydrogens (tertiary/aromatic N) is 1. The third-order valence-corrected chi connectivity index (χ3v) is 3.51. The van der Waals surface area contributed by atoms with Crippen LogP contribution in [0.25, 0.3) is 0 Å². The van der Waals surface area contributed by atoms with Crippen LogP contribution in [-0.4, -0.2) is 31.1 Å². The summed E-state index contributed by atoms with van der Waals surface area (Å²) in [6.45, 7) is 6.69. The molecule has 0 aliphatic heterocycles. The van der Waals surface area contributed by atoms with Crippen LogP contribution in [0.3, 0.4) is 0 Å². The Morgan fingerprint density at radius 1 is 1.17 bits per heavy atom. The maximum absolute atomic E-state index is 6.20. The molecule has 0 aliphatic carbocycles. The molecule has 1 aromatic carbocycles. The molecule has 2 N–H and O–H groups in total. The van der Waals surface area contributed by atoms with Crippen molar-refractivity contribution < 1.29 is 0 Å². The van der Waals surface area contributed by atoms with Crippen molar-refractivity contribution in [2.24, 2.45) is 11.7 Å². The molecule has 0 aliphatic rings. The van der Waals surface area contributed by atoms with Crippen LogP contribution in [0.15, 0.2) is 30.3 Å². The van der Waals surface area contributed by atoms with Crippen molar-refractivity contribution in [1.82, 2.24) is 4.90 Å². The molecule has 2 heteroatoms. The van der Waals surface area contributed by atoms with Gasteiger partial charge < -0.3 is 10.6 Å². The Bertz CT molecular complexity index is 310. The lowest BCUT2D eigenvalue weighted by molar-refractivity contribution is 0.262. The van der Waals surface area contributed by atoms with E-state index in [2.05, 4.69) is 56.1 Å². The molecular weight excluding hydrogens is 220 g/mol. The summed E-state index contributed by atoms with van der Waals surface area (Å²) in [5, 5.41) is 0. The second-order valence-electron chi connectivity index (χ2n) is 5.52. The van der Waals surface area contributed by atoms with Crippen LogP contribution < -0.4 is 5.73 Å². The molecule has 0 amide bonds. The third-order valence-electron chi connectivity index (χ3n) is 3.51. The Kier molecular flexibility index (Phi) is 6.99. The van der Waals surface area contributed by atoms with E-state index < -0.39 is 0 Å². The first-order chi connectivity index (χ1) is 8.61. The molecule has 0 heterocycles. The number of aryl methyl sites for hydroxylation is 1. The van der Waals surface area contributed by atoms with Gasteiger partial charge in [0.05, 0.1) is 0 Å². The van der Waals surface area contributed by atoms with Crippen molar-refractivity contribution in [3.63, 3.8) is 0 Å². The summed E-state index contributed by atoms with van der Waals surface area (Å²) >= 11 is 0. The molecule has 0 saturated heterocycles. The van der Waals surface area contributed by atoms with Crippen molar-refractivity contribution in [3.05, 3.63) is 35.9 Å². The average Bonchev–Trinajstić information content (AvgIpc) is 2.37. The monoisotopic (exact) mass is 248 g/mol. The van der Waals surface area contributed by atoms with Gasteiger partial charge in [-0.15, -0.1) is 0 Å². The summed E-state index contributed by atoms with van der Waals surface area (Å²) < 4.78 is 0. The van der Waals surface area contributed by atoms with Gasteiger partial charge in [-0.25, -0.2) is 0 Å². The second-order valence-corrected chi connectivity index (χ2v) is 5.52. The van der Waals surface area contributed by atoms with E-state index in [1.54, 1.807) is 0 Å². The molecule has 0 aromatic heterocycles. The summed E-state index contributed by atoms with van der Waals surface area (Å²) in [4.78, 5) is 2.36. The fourth-order valence-electron chi connectivity index (χ4n) is 2.22. The summed E-state index contributed by atoms with van der Waals surface area (Å²) in [5.74, 6) is 0.760. The van der Waals surface area contributed by atoms with Crippen molar-refractivity contribution in [3.8, 4) is 0 Å². The highest BCUT2D eigenvalue weighted by Crippen LogP contribution is 2.06. The van der Waals surface area contributed by atoms with Crippen LogP contribution in [0, 0.1) is 5.92 Å². The molecule has 0 radical (unpaired) electrons. The number of hydrogen-bond acceptors (Lipinski definition) is 2. The summed E-state index contributed by atoms with van der Waals surface area (Å²) in [6, 6.07) is 10.9. The predicted molar refractivity (Wildman–Crippen MR) is 79.7 cm³/mol. The average molecular weight is 248 g/mol.